The van der Waals surface area contributed by atoms with Gasteiger partial charge in [-0.15, -0.1) is 0 Å². The zero-order chi connectivity index (χ0) is 17.7. The van der Waals surface area contributed by atoms with Crippen molar-refractivity contribution in [3.63, 3.8) is 0 Å². The van der Waals surface area contributed by atoms with E-state index in [4.69, 9.17) is 0 Å². The van der Waals surface area contributed by atoms with Gasteiger partial charge in [-0.2, -0.15) is 0 Å². The zero-order valence-corrected chi connectivity index (χ0v) is 15.6. The monoisotopic (exact) mass is 333 g/mol. The number of likely N-dealkylation sites (tertiary alicyclic amines) is 1. The van der Waals surface area contributed by atoms with Gasteiger partial charge >= 0.3 is 0 Å². The number of rotatable bonds is 5. The van der Waals surface area contributed by atoms with Crippen LogP contribution in [0.2, 0.25) is 0 Å². The van der Waals surface area contributed by atoms with Crippen LogP contribution in [0.1, 0.15) is 61.3 Å². The van der Waals surface area contributed by atoms with Gasteiger partial charge in [0, 0.05) is 37.6 Å². The van der Waals surface area contributed by atoms with Gasteiger partial charge < -0.3 is 14.4 Å². The van der Waals surface area contributed by atoms with Crippen LogP contribution in [0, 0.1) is 13.8 Å². The second-order valence-electron chi connectivity index (χ2n) is 6.64. The van der Waals surface area contributed by atoms with Gasteiger partial charge in [-0.1, -0.05) is 12.8 Å². The SMILES string of the molecule is CCN(CC(=O)N1CCCCCC1)C(=O)c1cc(C)n(CC)c1C. The molecule has 0 bridgehead atoms. The van der Waals surface area contributed by atoms with Crippen LogP contribution < -0.4 is 0 Å². The van der Waals surface area contributed by atoms with E-state index < -0.39 is 0 Å². The Bertz CT molecular complexity index is 584. The molecule has 0 aromatic carbocycles. The summed E-state index contributed by atoms with van der Waals surface area (Å²) in [6.07, 6.45) is 4.54. The molecule has 2 heterocycles. The van der Waals surface area contributed by atoms with Gasteiger partial charge in [-0.3, -0.25) is 9.59 Å². The van der Waals surface area contributed by atoms with E-state index in [9.17, 15) is 9.59 Å². The average Bonchev–Trinajstić information content (AvgIpc) is 2.76. The highest BCUT2D eigenvalue weighted by atomic mass is 16.2. The summed E-state index contributed by atoms with van der Waals surface area (Å²) in [4.78, 5) is 29.1. The van der Waals surface area contributed by atoms with E-state index in [1.165, 1.54) is 12.8 Å². The maximum Gasteiger partial charge on any atom is 0.256 e. The second kappa shape index (κ2) is 8.36. The Kier molecular flexibility index (Phi) is 6.46. The second-order valence-corrected chi connectivity index (χ2v) is 6.64. The third kappa shape index (κ3) is 4.00. The molecule has 0 saturated carbocycles. The van der Waals surface area contributed by atoms with Crippen LogP contribution >= 0.6 is 0 Å². The van der Waals surface area contributed by atoms with Crippen molar-refractivity contribution in [1.82, 2.24) is 14.4 Å². The van der Waals surface area contributed by atoms with Crippen molar-refractivity contribution in [2.24, 2.45) is 0 Å². The van der Waals surface area contributed by atoms with Crippen LogP contribution in [-0.4, -0.2) is 52.4 Å². The summed E-state index contributed by atoms with van der Waals surface area (Å²) in [7, 11) is 0. The molecule has 1 aliphatic rings. The molecule has 5 heteroatoms. The molecule has 134 valence electrons. The van der Waals surface area contributed by atoms with E-state index in [1.54, 1.807) is 4.90 Å². The fourth-order valence-electron chi connectivity index (χ4n) is 3.59. The highest BCUT2D eigenvalue weighted by molar-refractivity contribution is 5.97. The number of hydrogen-bond acceptors (Lipinski definition) is 2. The molecule has 5 nitrogen and oxygen atoms in total. The smallest absolute Gasteiger partial charge is 0.256 e. The van der Waals surface area contributed by atoms with Crippen molar-refractivity contribution in [2.75, 3.05) is 26.2 Å². The summed E-state index contributed by atoms with van der Waals surface area (Å²) in [5.41, 5.74) is 2.80. The first-order valence-electron chi connectivity index (χ1n) is 9.23. The molecule has 2 amide bonds. The first-order valence-corrected chi connectivity index (χ1v) is 9.23. The first kappa shape index (κ1) is 18.6. The Morgan fingerprint density at radius 3 is 2.21 bits per heavy atom. The third-order valence-corrected chi connectivity index (χ3v) is 5.07. The summed E-state index contributed by atoms with van der Waals surface area (Å²) < 4.78 is 2.14. The average molecular weight is 333 g/mol. The van der Waals surface area contributed by atoms with Gasteiger partial charge in [0.15, 0.2) is 0 Å². The van der Waals surface area contributed by atoms with Crippen molar-refractivity contribution in [3.05, 3.63) is 23.0 Å². The molecule has 1 aliphatic heterocycles. The van der Waals surface area contributed by atoms with Crippen molar-refractivity contribution in [2.45, 2.75) is 59.9 Å². The number of hydrogen-bond donors (Lipinski definition) is 0. The topological polar surface area (TPSA) is 45.6 Å². The summed E-state index contributed by atoms with van der Waals surface area (Å²) >= 11 is 0. The Balaban J connectivity index is 2.10. The largest absolute Gasteiger partial charge is 0.349 e. The van der Waals surface area contributed by atoms with Crippen LogP contribution in [0.3, 0.4) is 0 Å². The Hall–Kier alpha value is -1.78. The van der Waals surface area contributed by atoms with E-state index in [0.717, 1.165) is 49.4 Å². The van der Waals surface area contributed by atoms with E-state index >= 15 is 0 Å². The fourth-order valence-corrected chi connectivity index (χ4v) is 3.59. The molecule has 24 heavy (non-hydrogen) atoms. The predicted octanol–water partition coefficient (Wildman–Crippen LogP) is 2.99. The van der Waals surface area contributed by atoms with Crippen molar-refractivity contribution in [1.29, 1.82) is 0 Å². The van der Waals surface area contributed by atoms with Crippen molar-refractivity contribution < 1.29 is 9.59 Å². The number of carbonyl (C=O) groups excluding carboxylic acids is 2. The van der Waals surface area contributed by atoms with Gasteiger partial charge in [-0.25, -0.2) is 0 Å². The van der Waals surface area contributed by atoms with Crippen LogP contribution in [0.4, 0.5) is 0 Å². The zero-order valence-electron chi connectivity index (χ0n) is 15.6. The number of likely N-dealkylation sites (N-methyl/N-ethyl adjacent to an activating group) is 1. The lowest BCUT2D eigenvalue weighted by Crippen LogP contribution is -2.43. The number of aromatic nitrogens is 1. The summed E-state index contributed by atoms with van der Waals surface area (Å²) in [5, 5.41) is 0. The van der Waals surface area contributed by atoms with Crippen LogP contribution in [0.5, 0.6) is 0 Å². The minimum Gasteiger partial charge on any atom is -0.349 e. The lowest BCUT2D eigenvalue weighted by Gasteiger charge is -2.26. The molecule has 1 saturated heterocycles. The molecule has 2 rings (SSSR count). The lowest BCUT2D eigenvalue weighted by molar-refractivity contribution is -0.131. The van der Waals surface area contributed by atoms with Crippen LogP contribution in [-0.2, 0) is 11.3 Å². The molecule has 1 fully saturated rings. The van der Waals surface area contributed by atoms with E-state index in [2.05, 4.69) is 11.5 Å². The number of carbonyl (C=O) groups is 2. The normalized spacial score (nSPS) is 15.2. The quantitative estimate of drug-likeness (QED) is 0.831. The van der Waals surface area contributed by atoms with E-state index in [0.29, 0.717) is 6.54 Å². The highest BCUT2D eigenvalue weighted by Crippen LogP contribution is 2.17. The molecule has 0 spiro atoms. The van der Waals surface area contributed by atoms with Gasteiger partial charge in [0.1, 0.15) is 6.54 Å². The van der Waals surface area contributed by atoms with Crippen LogP contribution in [0.25, 0.3) is 0 Å². The van der Waals surface area contributed by atoms with Crippen molar-refractivity contribution in [3.8, 4) is 0 Å². The Morgan fingerprint density at radius 1 is 1.08 bits per heavy atom. The maximum absolute atomic E-state index is 12.9. The minimum absolute atomic E-state index is 0.0338. The van der Waals surface area contributed by atoms with Crippen LogP contribution in [0.15, 0.2) is 6.07 Å². The lowest BCUT2D eigenvalue weighted by atomic mass is 10.2. The molecule has 0 atom stereocenters. The molecule has 0 aliphatic carbocycles. The van der Waals surface area contributed by atoms with Gasteiger partial charge in [0.2, 0.25) is 5.91 Å². The molecule has 0 unspecified atom stereocenters. The highest BCUT2D eigenvalue weighted by Gasteiger charge is 2.24. The van der Waals surface area contributed by atoms with Gasteiger partial charge in [0.05, 0.1) is 5.56 Å². The Morgan fingerprint density at radius 2 is 1.71 bits per heavy atom. The van der Waals surface area contributed by atoms with Gasteiger partial charge in [-0.05, 0) is 46.6 Å². The third-order valence-electron chi connectivity index (χ3n) is 5.07. The number of nitrogens with zero attached hydrogens (tertiary/aromatic N) is 3. The minimum atomic E-state index is -0.0338. The van der Waals surface area contributed by atoms with Gasteiger partial charge in [0.25, 0.3) is 5.91 Å². The Labute approximate surface area is 145 Å². The fraction of sp³-hybridized carbons (Fsp3) is 0.684. The first-order chi connectivity index (χ1) is 11.5. The maximum atomic E-state index is 12.9. The van der Waals surface area contributed by atoms with E-state index in [1.807, 2.05) is 31.7 Å². The molecule has 1 aromatic heterocycles. The van der Waals surface area contributed by atoms with Crippen molar-refractivity contribution >= 4 is 11.8 Å². The standard InChI is InChI=1S/C19H31N3O2/c1-5-20(14-18(23)21-11-9-7-8-10-12-21)19(24)17-13-15(3)22(6-2)16(17)4/h13H,5-12,14H2,1-4H3. The summed E-state index contributed by atoms with van der Waals surface area (Å²) in [5.74, 6) is 0.0462. The molecular weight excluding hydrogens is 302 g/mol. The number of amides is 2. The number of aryl methyl sites for hydroxylation is 1. The molecule has 0 radical (unpaired) electrons. The van der Waals surface area contributed by atoms with E-state index in [-0.39, 0.29) is 18.4 Å². The summed E-state index contributed by atoms with van der Waals surface area (Å²) in [6.45, 7) is 11.3. The predicted molar refractivity (Wildman–Crippen MR) is 96.2 cm³/mol. The molecule has 1 aromatic rings. The summed E-state index contributed by atoms with van der Waals surface area (Å²) in [6, 6.07) is 1.94. The molecule has 0 N–H and O–H groups in total. The molecular formula is C19H31N3O2.